The number of benzene rings is 1. The fourth-order valence-electron chi connectivity index (χ4n) is 2.24. The zero-order chi connectivity index (χ0) is 12.4. The lowest BCUT2D eigenvalue weighted by molar-refractivity contribution is -0.119. The van der Waals surface area contributed by atoms with Crippen molar-refractivity contribution in [3.63, 3.8) is 0 Å². The number of amides is 1. The third-order valence-corrected chi connectivity index (χ3v) is 3.03. The zero-order valence-corrected chi connectivity index (χ0v) is 9.39. The minimum absolute atomic E-state index is 0.314. The highest BCUT2D eigenvalue weighted by Gasteiger charge is 2.30. The van der Waals surface area contributed by atoms with Crippen LogP contribution in [0.3, 0.4) is 0 Å². The number of hydrogen-bond acceptors (Lipinski definition) is 4. The molecule has 1 aromatic rings. The van der Waals surface area contributed by atoms with Gasteiger partial charge in [-0.2, -0.15) is 5.26 Å². The first-order chi connectivity index (χ1) is 8.13. The lowest BCUT2D eigenvalue weighted by atomic mass is 10.1. The highest BCUT2D eigenvalue weighted by molar-refractivity contribution is 5.85. The first kappa shape index (κ1) is 11.3. The van der Waals surface area contributed by atoms with E-state index in [-0.39, 0.29) is 11.9 Å². The number of nitriles is 1. The van der Waals surface area contributed by atoms with Crippen LogP contribution in [0.5, 0.6) is 0 Å². The van der Waals surface area contributed by atoms with Crippen molar-refractivity contribution in [1.29, 1.82) is 5.26 Å². The average molecular weight is 230 g/mol. The van der Waals surface area contributed by atoms with Crippen molar-refractivity contribution in [3.05, 3.63) is 23.8 Å². The van der Waals surface area contributed by atoms with Crippen LogP contribution in [-0.4, -0.2) is 18.5 Å². The molecule has 1 atom stereocenters. The fourth-order valence-corrected chi connectivity index (χ4v) is 2.24. The molecule has 4 N–H and O–H groups in total. The number of carbonyl (C=O) groups is 1. The molecule has 5 nitrogen and oxygen atoms in total. The van der Waals surface area contributed by atoms with Gasteiger partial charge in [0.15, 0.2) is 0 Å². The van der Waals surface area contributed by atoms with Gasteiger partial charge < -0.3 is 16.4 Å². The van der Waals surface area contributed by atoms with Crippen molar-refractivity contribution in [2.24, 2.45) is 5.73 Å². The maximum absolute atomic E-state index is 11.3. The van der Waals surface area contributed by atoms with Gasteiger partial charge in [0.2, 0.25) is 5.91 Å². The predicted octanol–water partition coefficient (Wildman–Crippen LogP) is 0.595. The van der Waals surface area contributed by atoms with Gasteiger partial charge >= 0.3 is 0 Å². The van der Waals surface area contributed by atoms with Gasteiger partial charge in [0.05, 0.1) is 11.3 Å². The topological polar surface area (TPSA) is 96.1 Å². The fraction of sp³-hybridized carbons (Fsp3) is 0.333. The third kappa shape index (κ3) is 2.02. The van der Waals surface area contributed by atoms with Crippen molar-refractivity contribution in [2.75, 3.05) is 17.2 Å². The number of nitrogens with zero attached hydrogens (tertiary/aromatic N) is 2. The standard InChI is InChI=1S/C12H14N4O/c13-7-8-6-9(14)3-4-10(8)16-5-1-2-11(16)12(15)17/h3-4,6,11H,1-2,5,14H2,(H2,15,17). The van der Waals surface area contributed by atoms with Gasteiger partial charge in [-0.15, -0.1) is 0 Å². The molecule has 5 heteroatoms. The molecule has 1 amide bonds. The van der Waals surface area contributed by atoms with E-state index in [0.29, 0.717) is 11.3 Å². The molecule has 2 rings (SSSR count). The Morgan fingerprint density at radius 2 is 2.29 bits per heavy atom. The molecule has 0 saturated carbocycles. The summed E-state index contributed by atoms with van der Waals surface area (Å²) in [6, 6.07) is 6.90. The summed E-state index contributed by atoms with van der Waals surface area (Å²) in [4.78, 5) is 13.2. The smallest absolute Gasteiger partial charge is 0.240 e. The first-order valence-corrected chi connectivity index (χ1v) is 5.49. The summed E-state index contributed by atoms with van der Waals surface area (Å²) in [5.74, 6) is -0.344. The minimum Gasteiger partial charge on any atom is -0.399 e. The number of hydrogen-bond donors (Lipinski definition) is 2. The lowest BCUT2D eigenvalue weighted by Crippen LogP contribution is -2.40. The second kappa shape index (κ2) is 4.34. The van der Waals surface area contributed by atoms with Gasteiger partial charge in [0, 0.05) is 12.2 Å². The Kier molecular flexibility index (Phi) is 2.88. The third-order valence-electron chi connectivity index (χ3n) is 3.03. The normalized spacial score (nSPS) is 19.0. The van der Waals surface area contributed by atoms with Gasteiger partial charge in [-0.25, -0.2) is 0 Å². The number of rotatable bonds is 2. The molecule has 88 valence electrons. The van der Waals surface area contributed by atoms with Crippen LogP contribution in [0.4, 0.5) is 11.4 Å². The van der Waals surface area contributed by atoms with Crippen molar-refractivity contribution in [3.8, 4) is 6.07 Å². The van der Waals surface area contributed by atoms with Crippen molar-refractivity contribution in [2.45, 2.75) is 18.9 Å². The summed E-state index contributed by atoms with van der Waals surface area (Å²) in [5.41, 5.74) is 12.8. The number of nitrogen functional groups attached to an aromatic ring is 1. The van der Waals surface area contributed by atoms with E-state index in [9.17, 15) is 4.79 Å². The summed E-state index contributed by atoms with van der Waals surface area (Å²) < 4.78 is 0. The van der Waals surface area contributed by atoms with Gasteiger partial charge in [-0.3, -0.25) is 4.79 Å². The zero-order valence-electron chi connectivity index (χ0n) is 9.39. The lowest BCUT2D eigenvalue weighted by Gasteiger charge is -2.25. The average Bonchev–Trinajstić information content (AvgIpc) is 2.77. The highest BCUT2D eigenvalue weighted by atomic mass is 16.1. The summed E-state index contributed by atoms with van der Waals surface area (Å²) in [7, 11) is 0. The summed E-state index contributed by atoms with van der Waals surface area (Å²) >= 11 is 0. The molecule has 1 heterocycles. The molecule has 0 aliphatic carbocycles. The molecule has 17 heavy (non-hydrogen) atoms. The number of carbonyl (C=O) groups excluding carboxylic acids is 1. The Morgan fingerprint density at radius 3 is 2.94 bits per heavy atom. The highest BCUT2D eigenvalue weighted by Crippen LogP contribution is 2.29. The van der Waals surface area contributed by atoms with Crippen LogP contribution in [0.25, 0.3) is 0 Å². The van der Waals surface area contributed by atoms with E-state index in [0.717, 1.165) is 25.1 Å². The molecule has 1 saturated heterocycles. The number of anilines is 2. The Balaban J connectivity index is 2.40. The number of primary amides is 1. The molecule has 0 aromatic heterocycles. The van der Waals surface area contributed by atoms with Gasteiger partial charge in [-0.05, 0) is 31.0 Å². The van der Waals surface area contributed by atoms with E-state index in [4.69, 9.17) is 16.7 Å². The van der Waals surface area contributed by atoms with Crippen molar-refractivity contribution in [1.82, 2.24) is 0 Å². The van der Waals surface area contributed by atoms with E-state index in [2.05, 4.69) is 6.07 Å². The Hall–Kier alpha value is -2.22. The Bertz CT molecular complexity index is 492. The van der Waals surface area contributed by atoms with Crippen LogP contribution in [0, 0.1) is 11.3 Å². The molecule has 0 bridgehead atoms. The van der Waals surface area contributed by atoms with Crippen molar-refractivity contribution >= 4 is 17.3 Å². The molecule has 1 aliphatic heterocycles. The minimum atomic E-state index is -0.344. The van der Waals surface area contributed by atoms with E-state index in [1.165, 1.54) is 0 Å². The molecular weight excluding hydrogens is 216 g/mol. The molecule has 1 fully saturated rings. The summed E-state index contributed by atoms with van der Waals surface area (Å²) in [6.07, 6.45) is 1.65. The Morgan fingerprint density at radius 1 is 1.53 bits per heavy atom. The monoisotopic (exact) mass is 230 g/mol. The van der Waals surface area contributed by atoms with E-state index in [1.54, 1.807) is 18.2 Å². The van der Waals surface area contributed by atoms with Crippen LogP contribution >= 0.6 is 0 Å². The van der Waals surface area contributed by atoms with Crippen LogP contribution in [0.1, 0.15) is 18.4 Å². The van der Waals surface area contributed by atoms with E-state index >= 15 is 0 Å². The molecule has 1 unspecified atom stereocenters. The van der Waals surface area contributed by atoms with E-state index < -0.39 is 0 Å². The SMILES string of the molecule is N#Cc1cc(N)ccc1N1CCCC1C(N)=O. The number of nitrogens with two attached hydrogens (primary N) is 2. The van der Waals surface area contributed by atoms with Gasteiger partial charge in [-0.1, -0.05) is 0 Å². The second-order valence-corrected chi connectivity index (χ2v) is 4.14. The Labute approximate surface area is 99.6 Å². The quantitative estimate of drug-likeness (QED) is 0.727. The van der Waals surface area contributed by atoms with Crippen LogP contribution in [-0.2, 0) is 4.79 Å². The van der Waals surface area contributed by atoms with Crippen LogP contribution < -0.4 is 16.4 Å². The van der Waals surface area contributed by atoms with Crippen LogP contribution in [0.2, 0.25) is 0 Å². The largest absolute Gasteiger partial charge is 0.399 e. The molecule has 0 spiro atoms. The molecule has 0 radical (unpaired) electrons. The summed E-state index contributed by atoms with van der Waals surface area (Å²) in [5, 5.41) is 9.08. The molecular formula is C12H14N4O. The molecule has 1 aromatic carbocycles. The predicted molar refractivity (Wildman–Crippen MR) is 65.1 cm³/mol. The molecule has 1 aliphatic rings. The van der Waals surface area contributed by atoms with Crippen LogP contribution in [0.15, 0.2) is 18.2 Å². The second-order valence-electron chi connectivity index (χ2n) is 4.14. The van der Waals surface area contributed by atoms with Crippen molar-refractivity contribution < 1.29 is 4.79 Å². The summed E-state index contributed by atoms with van der Waals surface area (Å²) in [6.45, 7) is 0.742. The van der Waals surface area contributed by atoms with Gasteiger partial charge in [0.1, 0.15) is 12.1 Å². The maximum atomic E-state index is 11.3. The maximum Gasteiger partial charge on any atom is 0.240 e. The van der Waals surface area contributed by atoms with Gasteiger partial charge in [0.25, 0.3) is 0 Å². The first-order valence-electron chi connectivity index (χ1n) is 5.49. The van der Waals surface area contributed by atoms with E-state index in [1.807, 2.05) is 4.90 Å².